The highest BCUT2D eigenvalue weighted by atomic mass is 32.1. The first-order valence-corrected chi connectivity index (χ1v) is 9.62. The first kappa shape index (κ1) is 17.2. The molecule has 0 saturated heterocycles. The molecule has 6 nitrogen and oxygen atoms in total. The zero-order chi connectivity index (χ0) is 18.6. The highest BCUT2D eigenvalue weighted by molar-refractivity contribution is 7.14. The third-order valence-corrected chi connectivity index (χ3v) is 4.99. The van der Waals surface area contributed by atoms with Crippen molar-refractivity contribution in [3.05, 3.63) is 60.4 Å². The van der Waals surface area contributed by atoms with Gasteiger partial charge in [-0.3, -0.25) is 9.98 Å². The van der Waals surface area contributed by atoms with E-state index in [0.29, 0.717) is 0 Å². The van der Waals surface area contributed by atoms with Crippen LogP contribution in [0.1, 0.15) is 6.92 Å². The third-order valence-electron chi connectivity index (χ3n) is 4.23. The maximum atomic E-state index is 4.75. The highest BCUT2D eigenvalue weighted by Crippen LogP contribution is 2.32. The first-order valence-electron chi connectivity index (χ1n) is 8.74. The first-order chi connectivity index (χ1) is 13.3. The van der Waals surface area contributed by atoms with Crippen LogP contribution in [-0.2, 0) is 0 Å². The number of hydrogen-bond acceptors (Lipinski definition) is 4. The van der Waals surface area contributed by atoms with Gasteiger partial charge in [0.15, 0.2) is 11.1 Å². The average molecular weight is 376 g/mol. The van der Waals surface area contributed by atoms with Gasteiger partial charge in [-0.15, -0.1) is 11.3 Å². The van der Waals surface area contributed by atoms with Crippen molar-refractivity contribution in [1.29, 1.82) is 0 Å². The fraction of sp³-hybridized carbons (Fsp3) is 0.150. The van der Waals surface area contributed by atoms with E-state index >= 15 is 0 Å². The summed E-state index contributed by atoms with van der Waals surface area (Å²) in [5.41, 5.74) is 4.23. The Bertz CT molecular complexity index is 1080. The van der Waals surface area contributed by atoms with Crippen molar-refractivity contribution in [2.75, 3.05) is 18.9 Å². The summed E-state index contributed by atoms with van der Waals surface area (Å²) in [7, 11) is 1.75. The average Bonchev–Trinajstić information content (AvgIpc) is 3.35. The number of aliphatic imine (C=N–C) groups is 1. The molecule has 7 heteroatoms. The molecule has 0 spiro atoms. The Hall–Kier alpha value is -3.19. The van der Waals surface area contributed by atoms with Crippen LogP contribution >= 0.6 is 11.3 Å². The van der Waals surface area contributed by atoms with Gasteiger partial charge in [0, 0.05) is 42.3 Å². The van der Waals surface area contributed by atoms with Gasteiger partial charge in [-0.05, 0) is 31.2 Å². The van der Waals surface area contributed by atoms with Crippen LogP contribution in [0.3, 0.4) is 0 Å². The molecule has 0 aliphatic rings. The van der Waals surface area contributed by atoms with Gasteiger partial charge < -0.3 is 15.2 Å². The monoisotopic (exact) mass is 376 g/mol. The predicted molar refractivity (Wildman–Crippen MR) is 113 cm³/mol. The maximum Gasteiger partial charge on any atom is 0.197 e. The van der Waals surface area contributed by atoms with E-state index in [2.05, 4.69) is 67.1 Å². The predicted octanol–water partition coefficient (Wildman–Crippen LogP) is 4.16. The van der Waals surface area contributed by atoms with Crippen molar-refractivity contribution >= 4 is 33.3 Å². The molecular formula is C20H20N6S. The second-order valence-electron chi connectivity index (χ2n) is 5.90. The summed E-state index contributed by atoms with van der Waals surface area (Å²) in [5.74, 6) is 0.722. The maximum absolute atomic E-state index is 4.75. The molecule has 0 radical (unpaired) electrons. The molecule has 1 aromatic carbocycles. The van der Waals surface area contributed by atoms with Crippen molar-refractivity contribution in [2.24, 2.45) is 4.99 Å². The largest absolute Gasteiger partial charge is 0.356 e. The van der Waals surface area contributed by atoms with Crippen molar-refractivity contribution < 1.29 is 0 Å². The van der Waals surface area contributed by atoms with E-state index in [1.54, 1.807) is 24.6 Å². The van der Waals surface area contributed by atoms with Crippen molar-refractivity contribution in [2.45, 2.75) is 6.92 Å². The van der Waals surface area contributed by atoms with Gasteiger partial charge in [0.2, 0.25) is 0 Å². The zero-order valence-corrected chi connectivity index (χ0v) is 16.0. The fourth-order valence-corrected chi connectivity index (χ4v) is 3.72. The van der Waals surface area contributed by atoms with Crippen molar-refractivity contribution in [3.8, 4) is 16.9 Å². The quantitative estimate of drug-likeness (QED) is 0.415. The Kier molecular flexibility index (Phi) is 4.84. The molecule has 0 saturated carbocycles. The molecule has 2 N–H and O–H groups in total. The summed E-state index contributed by atoms with van der Waals surface area (Å²) in [5, 5.41) is 10.5. The van der Waals surface area contributed by atoms with Crippen LogP contribution < -0.4 is 10.6 Å². The minimum Gasteiger partial charge on any atom is -0.356 e. The van der Waals surface area contributed by atoms with Gasteiger partial charge in [-0.2, -0.15) is 0 Å². The number of thiazole rings is 1. The molecule has 0 bridgehead atoms. The topological polar surface area (TPSA) is 67.1 Å². The molecule has 3 aromatic heterocycles. The lowest BCUT2D eigenvalue weighted by atomic mass is 10.1. The fourth-order valence-electron chi connectivity index (χ4n) is 3.02. The molecule has 3 heterocycles. The molecule has 0 amide bonds. The SMILES string of the molecule is CCNC(=NC)Nc1nc(-c2cccc3c2ccn3-c2cccnc2)cs1. The van der Waals surface area contributed by atoms with Crippen LogP contribution in [0.5, 0.6) is 0 Å². The molecule has 27 heavy (non-hydrogen) atoms. The molecule has 4 rings (SSSR count). The highest BCUT2D eigenvalue weighted by Gasteiger charge is 2.12. The molecule has 4 aromatic rings. The van der Waals surface area contributed by atoms with Crippen LogP contribution in [-0.4, -0.2) is 34.1 Å². The third kappa shape index (κ3) is 3.41. The van der Waals surface area contributed by atoms with Gasteiger partial charge in [-0.1, -0.05) is 12.1 Å². The van der Waals surface area contributed by atoms with Crippen molar-refractivity contribution in [3.63, 3.8) is 0 Å². The summed E-state index contributed by atoms with van der Waals surface area (Å²) >= 11 is 1.57. The minimum absolute atomic E-state index is 0.722. The molecule has 0 aliphatic heterocycles. The van der Waals surface area contributed by atoms with E-state index in [0.717, 1.165) is 45.5 Å². The second kappa shape index (κ2) is 7.59. The van der Waals surface area contributed by atoms with Crippen LogP contribution in [0.2, 0.25) is 0 Å². The second-order valence-corrected chi connectivity index (χ2v) is 6.76. The number of nitrogens with zero attached hydrogens (tertiary/aromatic N) is 4. The number of nitrogens with one attached hydrogen (secondary N) is 2. The van der Waals surface area contributed by atoms with Gasteiger partial charge in [0.1, 0.15) is 0 Å². The number of rotatable bonds is 4. The standard InChI is InChI=1S/C20H20N6S/c1-3-23-19(21-2)25-20-24-17(13-27-20)15-7-4-8-18-16(15)9-11-26(18)14-6-5-10-22-12-14/h4-13H,3H2,1-2H3,(H2,21,23,24,25). The lowest BCUT2D eigenvalue weighted by Gasteiger charge is -2.07. The van der Waals surface area contributed by atoms with Crippen molar-refractivity contribution in [1.82, 2.24) is 19.9 Å². The molecule has 0 unspecified atom stereocenters. The summed E-state index contributed by atoms with van der Waals surface area (Å²) in [6, 6.07) is 12.4. The van der Waals surface area contributed by atoms with Gasteiger partial charge in [0.05, 0.1) is 23.1 Å². The number of anilines is 1. The minimum atomic E-state index is 0.722. The number of fused-ring (bicyclic) bond motifs is 1. The van der Waals surface area contributed by atoms with Gasteiger partial charge in [0.25, 0.3) is 0 Å². The number of benzene rings is 1. The smallest absolute Gasteiger partial charge is 0.197 e. The van der Waals surface area contributed by atoms with E-state index in [1.807, 2.05) is 19.2 Å². The Morgan fingerprint density at radius 2 is 2.15 bits per heavy atom. The summed E-state index contributed by atoms with van der Waals surface area (Å²) in [6.45, 7) is 2.84. The van der Waals surface area contributed by atoms with E-state index in [-0.39, 0.29) is 0 Å². The number of aromatic nitrogens is 3. The number of pyridine rings is 1. The lowest BCUT2D eigenvalue weighted by molar-refractivity contribution is 0.957. The van der Waals surface area contributed by atoms with Crippen LogP contribution in [0.25, 0.3) is 27.8 Å². The Labute approximate surface area is 161 Å². The Balaban J connectivity index is 1.70. The van der Waals surface area contributed by atoms with Gasteiger partial charge in [-0.25, -0.2) is 4.98 Å². The summed E-state index contributed by atoms with van der Waals surface area (Å²) < 4.78 is 2.14. The van der Waals surface area contributed by atoms with E-state index in [4.69, 9.17) is 4.98 Å². The van der Waals surface area contributed by atoms with E-state index < -0.39 is 0 Å². The Morgan fingerprint density at radius 1 is 1.22 bits per heavy atom. The van der Waals surface area contributed by atoms with Crippen LogP contribution in [0, 0.1) is 0 Å². The van der Waals surface area contributed by atoms with Gasteiger partial charge >= 0.3 is 0 Å². The van der Waals surface area contributed by atoms with Crippen LogP contribution in [0.4, 0.5) is 5.13 Å². The lowest BCUT2D eigenvalue weighted by Crippen LogP contribution is -2.30. The summed E-state index contributed by atoms with van der Waals surface area (Å²) in [4.78, 5) is 13.2. The molecule has 136 valence electrons. The summed E-state index contributed by atoms with van der Waals surface area (Å²) in [6.07, 6.45) is 5.72. The molecule has 0 aliphatic carbocycles. The molecule has 0 atom stereocenters. The van der Waals surface area contributed by atoms with E-state index in [1.165, 1.54) is 0 Å². The number of hydrogen-bond donors (Lipinski definition) is 2. The molecular weight excluding hydrogens is 356 g/mol. The normalized spacial score (nSPS) is 11.7. The molecule has 0 fully saturated rings. The van der Waals surface area contributed by atoms with E-state index in [9.17, 15) is 0 Å². The zero-order valence-electron chi connectivity index (χ0n) is 15.2. The number of guanidine groups is 1. The van der Waals surface area contributed by atoms with Crippen LogP contribution in [0.15, 0.2) is 65.4 Å². The Morgan fingerprint density at radius 3 is 2.93 bits per heavy atom.